The van der Waals surface area contributed by atoms with Gasteiger partial charge in [-0.3, -0.25) is 10.1 Å². The highest BCUT2D eigenvalue weighted by Crippen LogP contribution is 2.32. The number of rotatable bonds is 7. The fourth-order valence-corrected chi connectivity index (χ4v) is 3.21. The number of imidazole rings is 1. The Morgan fingerprint density at radius 2 is 1.68 bits per heavy atom. The fourth-order valence-electron chi connectivity index (χ4n) is 2.54. The predicted molar refractivity (Wildman–Crippen MR) is 112 cm³/mol. The molecule has 0 aliphatic heterocycles. The minimum absolute atomic E-state index is 0.0669. The molecule has 0 aliphatic carbocycles. The summed E-state index contributed by atoms with van der Waals surface area (Å²) >= 11 is 1.24. The molecule has 28 heavy (non-hydrogen) atoms. The molecule has 0 fully saturated rings. The number of thioether (sulfide) groups is 1. The maximum absolute atomic E-state index is 12.0. The van der Waals surface area contributed by atoms with Gasteiger partial charge in [-0.2, -0.15) is 0 Å². The smallest absolute Gasteiger partial charge is 0.321 e. The molecule has 1 heterocycles. The maximum Gasteiger partial charge on any atom is 0.321 e. The number of nitrogens with zero attached hydrogens (tertiary/aromatic N) is 1. The van der Waals surface area contributed by atoms with Gasteiger partial charge in [0.15, 0.2) is 5.16 Å². The van der Waals surface area contributed by atoms with E-state index in [1.54, 1.807) is 0 Å². The van der Waals surface area contributed by atoms with Crippen molar-refractivity contribution in [3.05, 3.63) is 73.3 Å². The summed E-state index contributed by atoms with van der Waals surface area (Å²) in [7, 11) is 0. The number of benzene rings is 2. The van der Waals surface area contributed by atoms with Crippen molar-refractivity contribution < 1.29 is 9.59 Å². The van der Waals surface area contributed by atoms with Crippen LogP contribution in [0.25, 0.3) is 22.5 Å². The van der Waals surface area contributed by atoms with Gasteiger partial charge >= 0.3 is 6.03 Å². The molecule has 0 bridgehead atoms. The Kier molecular flexibility index (Phi) is 6.64. The highest BCUT2D eigenvalue weighted by Gasteiger charge is 2.15. The molecule has 0 spiro atoms. The summed E-state index contributed by atoms with van der Waals surface area (Å²) in [6, 6.07) is 19.2. The first-order valence-electron chi connectivity index (χ1n) is 8.69. The number of aromatic nitrogens is 2. The van der Waals surface area contributed by atoms with E-state index in [-0.39, 0.29) is 5.75 Å². The first-order chi connectivity index (χ1) is 13.7. The lowest BCUT2D eigenvalue weighted by Gasteiger charge is -2.03. The number of hydrogen-bond donors (Lipinski definition) is 3. The normalized spacial score (nSPS) is 10.3. The van der Waals surface area contributed by atoms with Crippen molar-refractivity contribution in [2.24, 2.45) is 0 Å². The number of amides is 3. The Morgan fingerprint density at radius 1 is 1.04 bits per heavy atom. The standard InChI is InChI=1S/C21H20N4O2S/c1-2-13-22-20(27)23-17(26)14-28-21-24-18(15-9-5-3-6-10-15)19(25-21)16-11-7-4-8-12-16/h2-12H,1,13-14H2,(H,24,25)(H2,22,23,26,27). The second-order valence-electron chi connectivity index (χ2n) is 5.83. The number of H-pyrrole nitrogens is 1. The Bertz CT molecular complexity index is 898. The van der Waals surface area contributed by atoms with Gasteiger partial charge in [0.05, 0.1) is 17.1 Å². The van der Waals surface area contributed by atoms with Crippen molar-refractivity contribution in [2.75, 3.05) is 12.3 Å². The Balaban J connectivity index is 1.76. The van der Waals surface area contributed by atoms with Crippen LogP contribution in [-0.4, -0.2) is 34.2 Å². The van der Waals surface area contributed by atoms with E-state index in [9.17, 15) is 9.59 Å². The minimum Gasteiger partial charge on any atom is -0.334 e. The lowest BCUT2D eigenvalue weighted by molar-refractivity contribution is -0.117. The maximum atomic E-state index is 12.0. The van der Waals surface area contributed by atoms with Gasteiger partial charge in [-0.15, -0.1) is 6.58 Å². The van der Waals surface area contributed by atoms with Gasteiger partial charge in [0.25, 0.3) is 0 Å². The highest BCUT2D eigenvalue weighted by molar-refractivity contribution is 7.99. The van der Waals surface area contributed by atoms with E-state index in [0.29, 0.717) is 11.7 Å². The Hall–Kier alpha value is -3.32. The van der Waals surface area contributed by atoms with Crippen LogP contribution in [-0.2, 0) is 4.79 Å². The number of imide groups is 1. The van der Waals surface area contributed by atoms with E-state index in [1.807, 2.05) is 60.7 Å². The van der Waals surface area contributed by atoms with Crippen LogP contribution in [0.3, 0.4) is 0 Å². The lowest BCUT2D eigenvalue weighted by atomic mass is 10.1. The zero-order valence-electron chi connectivity index (χ0n) is 15.1. The van der Waals surface area contributed by atoms with Crippen molar-refractivity contribution in [2.45, 2.75) is 5.16 Å². The molecule has 0 saturated heterocycles. The third kappa shape index (κ3) is 5.11. The molecule has 0 atom stereocenters. The first-order valence-corrected chi connectivity index (χ1v) is 9.68. The summed E-state index contributed by atoms with van der Waals surface area (Å²) in [5.41, 5.74) is 3.70. The SMILES string of the molecule is C=CCNC(=O)NC(=O)CSc1nc(-c2ccccc2)c(-c2ccccc2)[nH]1. The monoisotopic (exact) mass is 392 g/mol. The summed E-state index contributed by atoms with van der Waals surface area (Å²) in [5.74, 6) is -0.331. The van der Waals surface area contributed by atoms with Crippen LogP contribution in [0.2, 0.25) is 0 Å². The first kappa shape index (κ1) is 19.4. The van der Waals surface area contributed by atoms with Gasteiger partial charge < -0.3 is 10.3 Å². The van der Waals surface area contributed by atoms with Crippen LogP contribution >= 0.6 is 11.8 Å². The molecular formula is C21H20N4O2S. The van der Waals surface area contributed by atoms with E-state index < -0.39 is 11.9 Å². The molecule has 2 aromatic carbocycles. The fraction of sp³-hybridized carbons (Fsp3) is 0.0952. The highest BCUT2D eigenvalue weighted by atomic mass is 32.2. The van der Waals surface area contributed by atoms with Crippen molar-refractivity contribution >= 4 is 23.7 Å². The van der Waals surface area contributed by atoms with E-state index in [2.05, 4.69) is 27.2 Å². The van der Waals surface area contributed by atoms with Crippen molar-refractivity contribution in [3.63, 3.8) is 0 Å². The molecule has 0 saturated carbocycles. The van der Waals surface area contributed by atoms with Crippen molar-refractivity contribution in [1.29, 1.82) is 0 Å². The Morgan fingerprint density at radius 3 is 2.32 bits per heavy atom. The van der Waals surface area contributed by atoms with E-state index in [4.69, 9.17) is 0 Å². The molecule has 0 aliphatic rings. The second kappa shape index (κ2) is 9.57. The lowest BCUT2D eigenvalue weighted by Crippen LogP contribution is -2.40. The van der Waals surface area contributed by atoms with Crippen LogP contribution in [0.4, 0.5) is 4.79 Å². The quantitative estimate of drug-likeness (QED) is 0.421. The van der Waals surface area contributed by atoms with Gasteiger partial charge in [0.2, 0.25) is 5.91 Å². The number of urea groups is 1. The summed E-state index contributed by atoms with van der Waals surface area (Å²) in [6.45, 7) is 3.80. The molecule has 3 N–H and O–H groups in total. The number of carbonyl (C=O) groups excluding carboxylic acids is 2. The van der Waals surface area contributed by atoms with Gasteiger partial charge in [0, 0.05) is 17.7 Å². The van der Waals surface area contributed by atoms with E-state index >= 15 is 0 Å². The zero-order chi connectivity index (χ0) is 19.8. The number of nitrogens with one attached hydrogen (secondary N) is 3. The number of aromatic amines is 1. The summed E-state index contributed by atoms with van der Waals surface area (Å²) < 4.78 is 0. The van der Waals surface area contributed by atoms with Crippen LogP contribution in [0, 0.1) is 0 Å². The number of carbonyl (C=O) groups is 2. The van der Waals surface area contributed by atoms with Gasteiger partial charge in [-0.05, 0) is 0 Å². The summed E-state index contributed by atoms with van der Waals surface area (Å²) in [4.78, 5) is 31.5. The largest absolute Gasteiger partial charge is 0.334 e. The average molecular weight is 392 g/mol. The minimum atomic E-state index is -0.542. The van der Waals surface area contributed by atoms with Gasteiger partial charge in [0.1, 0.15) is 0 Å². The molecule has 142 valence electrons. The molecule has 3 aromatic rings. The van der Waals surface area contributed by atoms with Crippen molar-refractivity contribution in [1.82, 2.24) is 20.6 Å². The topological polar surface area (TPSA) is 86.9 Å². The second-order valence-corrected chi connectivity index (χ2v) is 6.80. The molecule has 3 amide bonds. The summed E-state index contributed by atoms with van der Waals surface area (Å²) in [5, 5.41) is 5.38. The average Bonchev–Trinajstić information content (AvgIpc) is 3.16. The van der Waals surface area contributed by atoms with Gasteiger partial charge in [-0.1, -0.05) is 78.5 Å². The third-order valence-corrected chi connectivity index (χ3v) is 4.66. The summed E-state index contributed by atoms with van der Waals surface area (Å²) in [6.07, 6.45) is 1.54. The van der Waals surface area contributed by atoms with Crippen LogP contribution in [0.1, 0.15) is 0 Å². The predicted octanol–water partition coefficient (Wildman–Crippen LogP) is 3.85. The number of hydrogen-bond acceptors (Lipinski definition) is 4. The van der Waals surface area contributed by atoms with E-state index in [1.165, 1.54) is 17.8 Å². The molecule has 0 radical (unpaired) electrons. The zero-order valence-corrected chi connectivity index (χ0v) is 16.0. The molecule has 0 unspecified atom stereocenters. The third-order valence-electron chi connectivity index (χ3n) is 3.79. The molecule has 3 rings (SSSR count). The van der Waals surface area contributed by atoms with Gasteiger partial charge in [-0.25, -0.2) is 9.78 Å². The molecule has 1 aromatic heterocycles. The Labute approximate surface area is 167 Å². The molecule has 6 nitrogen and oxygen atoms in total. The van der Waals surface area contributed by atoms with Crippen molar-refractivity contribution in [3.8, 4) is 22.5 Å². The van der Waals surface area contributed by atoms with Crippen LogP contribution in [0.5, 0.6) is 0 Å². The van der Waals surface area contributed by atoms with E-state index in [0.717, 1.165) is 22.5 Å². The van der Waals surface area contributed by atoms with Crippen LogP contribution in [0.15, 0.2) is 78.5 Å². The molecule has 7 heteroatoms. The molecular weight excluding hydrogens is 372 g/mol. The van der Waals surface area contributed by atoms with Crippen LogP contribution < -0.4 is 10.6 Å².